The molecule has 0 aromatic carbocycles. The van der Waals surface area contributed by atoms with E-state index in [4.69, 9.17) is 4.84 Å². The number of rotatable bonds is 6. The van der Waals surface area contributed by atoms with Crippen molar-refractivity contribution in [3.05, 3.63) is 0 Å². The lowest BCUT2D eigenvalue weighted by atomic mass is 9.41. The summed E-state index contributed by atoms with van der Waals surface area (Å²) in [6, 6.07) is 0. The first-order chi connectivity index (χ1) is 17.1. The summed E-state index contributed by atoms with van der Waals surface area (Å²) >= 11 is 0. The highest BCUT2D eigenvalue weighted by molar-refractivity contribution is 6.01. The largest absolute Gasteiger partial charge is 0.393 e. The zero-order valence-electron chi connectivity index (χ0n) is 22.3. The number of carbonyl (C=O) groups is 3. The number of nitrogens with zero attached hydrogens (tertiary/aromatic N) is 1. The average molecular weight is 504 g/mol. The first-order valence-corrected chi connectivity index (χ1v) is 14.5. The number of fused-ring (bicyclic) bond motifs is 5. The molecule has 1 heterocycles. The molecule has 0 aromatic rings. The van der Waals surface area contributed by atoms with Gasteiger partial charge in [-0.25, -0.2) is 4.79 Å². The van der Waals surface area contributed by atoms with Crippen molar-refractivity contribution in [1.29, 1.82) is 0 Å². The molecule has 1 saturated heterocycles. The maximum absolute atomic E-state index is 12.3. The van der Waals surface area contributed by atoms with Crippen molar-refractivity contribution in [2.75, 3.05) is 0 Å². The van der Waals surface area contributed by atoms with Gasteiger partial charge in [0.25, 0.3) is 11.8 Å². The van der Waals surface area contributed by atoms with Crippen LogP contribution < -0.4 is 0 Å². The highest BCUT2D eigenvalue weighted by atomic mass is 16.7. The van der Waals surface area contributed by atoms with Crippen molar-refractivity contribution in [1.82, 2.24) is 5.06 Å². The van der Waals surface area contributed by atoms with Crippen molar-refractivity contribution in [2.45, 2.75) is 116 Å². The van der Waals surface area contributed by atoms with Gasteiger partial charge in [-0.15, -0.1) is 5.06 Å². The van der Waals surface area contributed by atoms with Gasteiger partial charge in [0.05, 0.1) is 12.2 Å². The van der Waals surface area contributed by atoms with E-state index in [9.17, 15) is 24.6 Å². The number of aliphatic hydroxyl groups is 2. The van der Waals surface area contributed by atoms with Crippen LogP contribution in [-0.4, -0.2) is 45.3 Å². The van der Waals surface area contributed by atoms with Gasteiger partial charge in [0.2, 0.25) is 0 Å². The Balaban J connectivity index is 1.24. The molecule has 5 aliphatic rings. The number of hydroxylamine groups is 2. The van der Waals surface area contributed by atoms with E-state index in [1.165, 1.54) is 6.42 Å². The molecule has 0 spiro atoms. The molecule has 5 rings (SSSR count). The predicted molar refractivity (Wildman–Crippen MR) is 133 cm³/mol. The molecule has 0 aromatic heterocycles. The molecule has 202 valence electrons. The highest BCUT2D eigenvalue weighted by Crippen LogP contribution is 2.69. The summed E-state index contributed by atoms with van der Waals surface area (Å²) in [6.45, 7) is 7.10. The lowest BCUT2D eigenvalue weighted by molar-refractivity contribution is -0.202. The molecule has 7 heteroatoms. The van der Waals surface area contributed by atoms with Crippen LogP contribution in [0.25, 0.3) is 0 Å². The Morgan fingerprint density at radius 3 is 2.33 bits per heavy atom. The maximum Gasteiger partial charge on any atom is 0.333 e. The van der Waals surface area contributed by atoms with Crippen LogP contribution in [0.3, 0.4) is 0 Å². The Morgan fingerprint density at radius 2 is 1.64 bits per heavy atom. The predicted octanol–water partition coefficient (Wildman–Crippen LogP) is 4.39. The summed E-state index contributed by atoms with van der Waals surface area (Å²) in [4.78, 5) is 40.8. The smallest absolute Gasteiger partial charge is 0.333 e. The minimum Gasteiger partial charge on any atom is -0.393 e. The standard InChI is InChI=1S/C29H45NO6/c1-4-19-22-16-18(31)12-14-29(22,3)21-13-15-28(2)17(8-9-20(28)26(21)27(19)35)6-5-7-25(34)36-30-23(32)10-11-24(30)33/h17-22,26-27,31,35H,4-16H2,1-3H3/t17-,18+,19+,20-,21-,22-,26-,27+,28+,29+/m0/s1. The van der Waals surface area contributed by atoms with Gasteiger partial charge in [-0.05, 0) is 104 Å². The molecule has 0 radical (unpaired) electrons. The van der Waals surface area contributed by atoms with Crippen LogP contribution in [0.2, 0.25) is 0 Å². The van der Waals surface area contributed by atoms with Gasteiger partial charge in [0, 0.05) is 19.3 Å². The second-order valence-electron chi connectivity index (χ2n) is 13.1. The summed E-state index contributed by atoms with van der Waals surface area (Å²) in [5, 5.41) is 22.9. The van der Waals surface area contributed by atoms with Gasteiger partial charge in [0.1, 0.15) is 0 Å². The van der Waals surface area contributed by atoms with E-state index in [2.05, 4.69) is 20.8 Å². The van der Waals surface area contributed by atoms with Crippen LogP contribution in [0.4, 0.5) is 0 Å². The van der Waals surface area contributed by atoms with E-state index in [1.54, 1.807) is 0 Å². The highest BCUT2D eigenvalue weighted by Gasteiger charge is 2.64. The van der Waals surface area contributed by atoms with Crippen molar-refractivity contribution in [3.63, 3.8) is 0 Å². The molecule has 5 fully saturated rings. The zero-order chi connectivity index (χ0) is 25.8. The summed E-state index contributed by atoms with van der Waals surface area (Å²) in [5.74, 6) is 1.16. The van der Waals surface area contributed by atoms with E-state index in [0.29, 0.717) is 41.1 Å². The summed E-state index contributed by atoms with van der Waals surface area (Å²) in [5.41, 5.74) is 0.375. The molecule has 2 N–H and O–H groups in total. The quantitative estimate of drug-likeness (QED) is 0.521. The summed E-state index contributed by atoms with van der Waals surface area (Å²) < 4.78 is 0. The van der Waals surface area contributed by atoms with Gasteiger partial charge >= 0.3 is 5.97 Å². The van der Waals surface area contributed by atoms with Gasteiger partial charge in [0.15, 0.2) is 0 Å². The fraction of sp³-hybridized carbons (Fsp3) is 0.897. The van der Waals surface area contributed by atoms with Crippen LogP contribution in [0, 0.1) is 46.3 Å². The molecule has 2 amide bonds. The number of imide groups is 1. The van der Waals surface area contributed by atoms with Crippen molar-refractivity contribution < 1.29 is 29.4 Å². The van der Waals surface area contributed by atoms with Crippen molar-refractivity contribution in [2.24, 2.45) is 46.3 Å². The lowest BCUT2D eigenvalue weighted by Crippen LogP contribution is -2.62. The van der Waals surface area contributed by atoms with E-state index < -0.39 is 17.8 Å². The molecule has 4 saturated carbocycles. The third kappa shape index (κ3) is 4.13. The molecule has 36 heavy (non-hydrogen) atoms. The fourth-order valence-corrected chi connectivity index (χ4v) is 9.84. The zero-order valence-corrected chi connectivity index (χ0v) is 22.3. The molecule has 4 aliphatic carbocycles. The van der Waals surface area contributed by atoms with Gasteiger partial charge in [-0.1, -0.05) is 27.2 Å². The number of hydrogen-bond acceptors (Lipinski definition) is 6. The molecular formula is C29H45NO6. The molecule has 0 unspecified atom stereocenters. The minimum atomic E-state index is -0.506. The summed E-state index contributed by atoms with van der Waals surface area (Å²) in [7, 11) is 0. The van der Waals surface area contributed by atoms with Crippen LogP contribution in [0.5, 0.6) is 0 Å². The molecule has 10 atom stereocenters. The fourth-order valence-electron chi connectivity index (χ4n) is 9.84. The van der Waals surface area contributed by atoms with Gasteiger partial charge in [-0.2, -0.15) is 0 Å². The second kappa shape index (κ2) is 9.68. The first kappa shape index (κ1) is 26.1. The molecule has 7 nitrogen and oxygen atoms in total. The van der Waals surface area contributed by atoms with E-state index >= 15 is 0 Å². The molecular weight excluding hydrogens is 458 g/mol. The SMILES string of the molecule is CC[C@H]1[C@@H](O)[C@@H]2[C@H](CC[C@]3(C)[C@@H](CCCC(=O)ON4C(=O)CCC4=O)CC[C@@H]23)[C@@]2(C)CC[C@@H](O)C[C@@H]12. The van der Waals surface area contributed by atoms with E-state index in [-0.39, 0.29) is 48.2 Å². The van der Waals surface area contributed by atoms with E-state index in [0.717, 1.165) is 51.4 Å². The molecule has 1 aliphatic heterocycles. The number of carbonyl (C=O) groups excluding carboxylic acids is 3. The maximum atomic E-state index is 12.3. The monoisotopic (exact) mass is 503 g/mol. The van der Waals surface area contributed by atoms with Crippen molar-refractivity contribution >= 4 is 17.8 Å². The Hall–Kier alpha value is -1.47. The average Bonchev–Trinajstić information content (AvgIpc) is 3.34. The third-order valence-electron chi connectivity index (χ3n) is 11.7. The summed E-state index contributed by atoms with van der Waals surface area (Å²) in [6.07, 6.45) is 9.88. The Bertz CT molecular complexity index is 875. The van der Waals surface area contributed by atoms with Crippen LogP contribution in [0.1, 0.15) is 104 Å². The normalized spacial score (nSPS) is 46.3. The molecule has 0 bridgehead atoms. The number of hydrogen-bond donors (Lipinski definition) is 2. The van der Waals surface area contributed by atoms with Gasteiger partial charge < -0.3 is 15.1 Å². The second-order valence-corrected chi connectivity index (χ2v) is 13.1. The lowest BCUT2D eigenvalue weighted by Gasteiger charge is -2.64. The Kier molecular flexibility index (Phi) is 7.03. The van der Waals surface area contributed by atoms with E-state index in [1.807, 2.05) is 0 Å². The first-order valence-electron chi connectivity index (χ1n) is 14.5. The van der Waals surface area contributed by atoms with Crippen LogP contribution in [-0.2, 0) is 19.2 Å². The van der Waals surface area contributed by atoms with Gasteiger partial charge in [-0.3, -0.25) is 9.59 Å². The Labute approximate surface area is 215 Å². The van der Waals surface area contributed by atoms with Crippen LogP contribution in [0.15, 0.2) is 0 Å². The van der Waals surface area contributed by atoms with Crippen LogP contribution >= 0.6 is 0 Å². The Morgan fingerprint density at radius 1 is 0.972 bits per heavy atom. The third-order valence-corrected chi connectivity index (χ3v) is 11.7. The number of amides is 2. The minimum absolute atomic E-state index is 0.112. The topological polar surface area (TPSA) is 104 Å². The number of aliphatic hydroxyl groups excluding tert-OH is 2. The van der Waals surface area contributed by atoms with Crippen molar-refractivity contribution in [3.8, 4) is 0 Å².